The standard InChI is InChI=1S/C14H20OS/c1-4-7-12-8-5-6-9-13(12)15-10-14(2,3)11-16/h4-6,8-9,16H,1,7,10-11H2,2-3H3. The van der Waals surface area contributed by atoms with E-state index in [9.17, 15) is 0 Å². The lowest BCUT2D eigenvalue weighted by atomic mass is 9.98. The fourth-order valence-electron chi connectivity index (χ4n) is 1.29. The minimum Gasteiger partial charge on any atom is -0.493 e. The molecule has 16 heavy (non-hydrogen) atoms. The van der Waals surface area contributed by atoms with Gasteiger partial charge in [-0.1, -0.05) is 38.1 Å². The minimum atomic E-state index is 0.102. The number of ether oxygens (including phenoxy) is 1. The Morgan fingerprint density at radius 3 is 2.69 bits per heavy atom. The molecule has 1 rings (SSSR count). The van der Waals surface area contributed by atoms with Gasteiger partial charge in [0.25, 0.3) is 0 Å². The topological polar surface area (TPSA) is 9.23 Å². The largest absolute Gasteiger partial charge is 0.493 e. The zero-order valence-corrected chi connectivity index (χ0v) is 11.0. The van der Waals surface area contributed by atoms with Crippen LogP contribution in [0.5, 0.6) is 5.75 Å². The van der Waals surface area contributed by atoms with Gasteiger partial charge in [-0.3, -0.25) is 0 Å². The molecule has 0 unspecified atom stereocenters. The molecule has 88 valence electrons. The van der Waals surface area contributed by atoms with Crippen LogP contribution in [-0.4, -0.2) is 12.4 Å². The van der Waals surface area contributed by atoms with Gasteiger partial charge in [0.2, 0.25) is 0 Å². The molecule has 0 aliphatic rings. The summed E-state index contributed by atoms with van der Waals surface area (Å²) in [7, 11) is 0. The molecule has 0 amide bonds. The summed E-state index contributed by atoms with van der Waals surface area (Å²) in [6.07, 6.45) is 2.74. The first-order valence-electron chi connectivity index (χ1n) is 5.51. The van der Waals surface area contributed by atoms with Crippen molar-refractivity contribution < 1.29 is 4.74 Å². The molecule has 1 aromatic carbocycles. The number of allylic oxidation sites excluding steroid dienone is 1. The van der Waals surface area contributed by atoms with Crippen LogP contribution >= 0.6 is 12.6 Å². The van der Waals surface area contributed by atoms with Gasteiger partial charge in [0.05, 0.1) is 6.61 Å². The summed E-state index contributed by atoms with van der Waals surface area (Å²) >= 11 is 4.32. The van der Waals surface area contributed by atoms with Crippen molar-refractivity contribution in [2.24, 2.45) is 5.41 Å². The van der Waals surface area contributed by atoms with Crippen molar-refractivity contribution in [3.05, 3.63) is 42.5 Å². The molecule has 0 heterocycles. The van der Waals surface area contributed by atoms with E-state index < -0.39 is 0 Å². The highest BCUT2D eigenvalue weighted by atomic mass is 32.1. The van der Waals surface area contributed by atoms with Crippen LogP contribution in [0.25, 0.3) is 0 Å². The Balaban J connectivity index is 2.69. The van der Waals surface area contributed by atoms with Crippen molar-refractivity contribution in [2.75, 3.05) is 12.4 Å². The van der Waals surface area contributed by atoms with Crippen molar-refractivity contribution in [3.8, 4) is 5.75 Å². The van der Waals surface area contributed by atoms with Crippen LogP contribution in [0.2, 0.25) is 0 Å². The van der Waals surface area contributed by atoms with Crippen molar-refractivity contribution in [1.29, 1.82) is 0 Å². The van der Waals surface area contributed by atoms with Gasteiger partial charge in [-0.25, -0.2) is 0 Å². The summed E-state index contributed by atoms with van der Waals surface area (Å²) in [5.41, 5.74) is 1.29. The first kappa shape index (κ1) is 13.2. The molecule has 0 saturated heterocycles. The molecule has 0 fully saturated rings. The predicted octanol–water partition coefficient (Wildman–Crippen LogP) is 3.75. The highest BCUT2D eigenvalue weighted by Crippen LogP contribution is 2.23. The summed E-state index contributed by atoms with van der Waals surface area (Å²) in [4.78, 5) is 0. The highest BCUT2D eigenvalue weighted by Gasteiger charge is 2.17. The van der Waals surface area contributed by atoms with Crippen molar-refractivity contribution in [3.63, 3.8) is 0 Å². The van der Waals surface area contributed by atoms with Gasteiger partial charge in [-0.15, -0.1) is 6.58 Å². The smallest absolute Gasteiger partial charge is 0.122 e. The molecule has 0 bridgehead atoms. The number of hydrogen-bond donors (Lipinski definition) is 1. The fourth-order valence-corrected chi connectivity index (χ4v) is 1.38. The van der Waals surface area contributed by atoms with E-state index in [4.69, 9.17) is 4.74 Å². The summed E-state index contributed by atoms with van der Waals surface area (Å²) in [6, 6.07) is 8.10. The summed E-state index contributed by atoms with van der Waals surface area (Å²) in [5, 5.41) is 0. The third-order valence-corrected chi connectivity index (χ3v) is 3.24. The van der Waals surface area contributed by atoms with Gasteiger partial charge >= 0.3 is 0 Å². The van der Waals surface area contributed by atoms with Gasteiger partial charge in [-0.05, 0) is 23.8 Å². The number of thiol groups is 1. The zero-order chi connectivity index (χ0) is 12.0. The van der Waals surface area contributed by atoms with Crippen LogP contribution in [0.3, 0.4) is 0 Å². The third-order valence-electron chi connectivity index (χ3n) is 2.38. The molecule has 0 radical (unpaired) electrons. The molecule has 0 saturated carbocycles. The van der Waals surface area contributed by atoms with Crippen LogP contribution in [0, 0.1) is 5.41 Å². The van der Waals surface area contributed by atoms with Gasteiger partial charge in [0.15, 0.2) is 0 Å². The van der Waals surface area contributed by atoms with Crippen molar-refractivity contribution in [1.82, 2.24) is 0 Å². The quantitative estimate of drug-likeness (QED) is 0.584. The van der Waals surface area contributed by atoms with Crippen LogP contribution < -0.4 is 4.74 Å². The molecule has 2 heteroatoms. The first-order chi connectivity index (χ1) is 7.59. The van der Waals surface area contributed by atoms with Crippen molar-refractivity contribution >= 4 is 12.6 Å². The van der Waals surface area contributed by atoms with E-state index >= 15 is 0 Å². The maximum absolute atomic E-state index is 5.85. The molecule has 0 aromatic heterocycles. The Morgan fingerprint density at radius 1 is 1.38 bits per heavy atom. The van der Waals surface area contributed by atoms with E-state index in [1.54, 1.807) is 0 Å². The molecule has 1 aromatic rings. The van der Waals surface area contributed by atoms with Gasteiger partial charge in [-0.2, -0.15) is 12.6 Å². The Bertz CT molecular complexity index is 344. The second-order valence-electron chi connectivity index (χ2n) is 4.71. The predicted molar refractivity (Wildman–Crippen MR) is 73.5 cm³/mol. The molecule has 1 nitrogen and oxygen atoms in total. The summed E-state index contributed by atoms with van der Waals surface area (Å²) in [6.45, 7) is 8.74. The normalized spacial score (nSPS) is 11.2. The molecule has 0 spiro atoms. The van der Waals surface area contributed by atoms with E-state index in [0.717, 1.165) is 17.9 Å². The van der Waals surface area contributed by atoms with E-state index in [1.165, 1.54) is 5.56 Å². The monoisotopic (exact) mass is 236 g/mol. The van der Waals surface area contributed by atoms with Crippen LogP contribution in [0.1, 0.15) is 19.4 Å². The lowest BCUT2D eigenvalue weighted by molar-refractivity contribution is 0.201. The maximum Gasteiger partial charge on any atom is 0.122 e. The van der Waals surface area contributed by atoms with E-state index in [2.05, 4.69) is 39.1 Å². The maximum atomic E-state index is 5.85. The first-order valence-corrected chi connectivity index (χ1v) is 6.15. The Kier molecular flexibility index (Phi) is 4.94. The molecule has 0 N–H and O–H groups in total. The SMILES string of the molecule is C=CCc1ccccc1OCC(C)(C)CS. The molecular formula is C14H20OS. The summed E-state index contributed by atoms with van der Waals surface area (Å²) < 4.78 is 5.85. The van der Waals surface area contributed by atoms with Crippen LogP contribution in [0.15, 0.2) is 36.9 Å². The van der Waals surface area contributed by atoms with E-state index in [-0.39, 0.29) is 5.41 Å². The van der Waals surface area contributed by atoms with Crippen LogP contribution in [0.4, 0.5) is 0 Å². The lowest BCUT2D eigenvalue weighted by Gasteiger charge is -2.23. The Labute approximate surface area is 104 Å². The second kappa shape index (κ2) is 6.00. The Morgan fingerprint density at radius 2 is 2.06 bits per heavy atom. The van der Waals surface area contributed by atoms with Gasteiger partial charge < -0.3 is 4.74 Å². The fraction of sp³-hybridized carbons (Fsp3) is 0.429. The molecule has 0 aliphatic carbocycles. The molecule has 0 aliphatic heterocycles. The number of rotatable bonds is 6. The Hall–Kier alpha value is -0.890. The minimum absolute atomic E-state index is 0.102. The van der Waals surface area contributed by atoms with Crippen molar-refractivity contribution in [2.45, 2.75) is 20.3 Å². The van der Waals surface area contributed by atoms with Gasteiger partial charge in [0, 0.05) is 5.41 Å². The average Bonchev–Trinajstić information content (AvgIpc) is 2.28. The summed E-state index contributed by atoms with van der Waals surface area (Å²) in [5.74, 6) is 1.77. The number of para-hydroxylation sites is 1. The second-order valence-corrected chi connectivity index (χ2v) is 5.03. The zero-order valence-electron chi connectivity index (χ0n) is 10.1. The molecular weight excluding hydrogens is 216 g/mol. The highest BCUT2D eigenvalue weighted by molar-refractivity contribution is 7.80. The third kappa shape index (κ3) is 3.93. The van der Waals surface area contributed by atoms with Gasteiger partial charge in [0.1, 0.15) is 5.75 Å². The lowest BCUT2D eigenvalue weighted by Crippen LogP contribution is -2.23. The van der Waals surface area contributed by atoms with E-state index in [1.807, 2.05) is 24.3 Å². The number of benzene rings is 1. The van der Waals surface area contributed by atoms with E-state index in [0.29, 0.717) is 6.61 Å². The average molecular weight is 236 g/mol. The molecule has 0 atom stereocenters. The van der Waals surface area contributed by atoms with Crippen LogP contribution in [-0.2, 0) is 6.42 Å². The number of hydrogen-bond acceptors (Lipinski definition) is 2.